The Morgan fingerprint density at radius 3 is 2.77 bits per heavy atom. The lowest BCUT2D eigenvalue weighted by atomic mass is 10.1. The van der Waals surface area contributed by atoms with Crippen LogP contribution in [0.2, 0.25) is 0 Å². The fourth-order valence-electron chi connectivity index (χ4n) is 5.06. The van der Waals surface area contributed by atoms with Crippen LogP contribution in [0.25, 0.3) is 0 Å². The van der Waals surface area contributed by atoms with Crippen molar-refractivity contribution < 1.29 is 22.1 Å². The number of rotatable bonds is 10. The predicted molar refractivity (Wildman–Crippen MR) is 157 cm³/mol. The van der Waals surface area contributed by atoms with Crippen LogP contribution in [-0.4, -0.2) is 103 Å². The van der Waals surface area contributed by atoms with E-state index in [0.29, 0.717) is 37.6 Å². The van der Waals surface area contributed by atoms with E-state index in [0.717, 1.165) is 47.4 Å². The zero-order valence-corrected chi connectivity index (χ0v) is 24.9. The maximum atomic E-state index is 13.5. The second kappa shape index (κ2) is 11.7. The molecule has 0 saturated carbocycles. The van der Waals surface area contributed by atoms with Crippen molar-refractivity contribution >= 4 is 49.0 Å². The molecule has 0 radical (unpaired) electrons. The van der Waals surface area contributed by atoms with Crippen molar-refractivity contribution in [3.05, 3.63) is 42.1 Å². The number of hydrogen-bond donors (Lipinski definition) is 1. The lowest BCUT2D eigenvalue weighted by Crippen LogP contribution is -2.46. The Morgan fingerprint density at radius 1 is 1.26 bits per heavy atom. The number of methoxy groups -OCH3 is 1. The SMILES string of the molecule is COCCOc1cc2c(c(N(C)S(=O)(=O)c3ccccn3)c1)NC(C1=NCC(C)(CN3CCS(=O)CC3)S1)C2. The van der Waals surface area contributed by atoms with Crippen molar-refractivity contribution in [2.24, 2.45) is 4.99 Å². The van der Waals surface area contributed by atoms with Crippen molar-refractivity contribution in [3.8, 4) is 5.75 Å². The monoisotopic (exact) mass is 593 g/mol. The summed E-state index contributed by atoms with van der Waals surface area (Å²) in [6, 6.07) is 8.50. The first-order valence-electron chi connectivity index (χ1n) is 12.9. The van der Waals surface area contributed by atoms with Gasteiger partial charge in [0.1, 0.15) is 12.4 Å². The van der Waals surface area contributed by atoms with E-state index in [1.165, 1.54) is 23.6 Å². The van der Waals surface area contributed by atoms with E-state index in [4.69, 9.17) is 14.5 Å². The van der Waals surface area contributed by atoms with Gasteiger partial charge in [0.25, 0.3) is 10.0 Å². The molecule has 3 aliphatic rings. The van der Waals surface area contributed by atoms with Crippen LogP contribution in [-0.2, 0) is 32.0 Å². The number of aliphatic imine (C=N–C) groups is 1. The Balaban J connectivity index is 1.36. The fraction of sp³-hybridized carbons (Fsp3) is 0.538. The molecule has 1 aromatic heterocycles. The average Bonchev–Trinajstić information content (AvgIpc) is 3.53. The van der Waals surface area contributed by atoms with Gasteiger partial charge in [-0.15, -0.1) is 0 Å². The van der Waals surface area contributed by atoms with Crippen LogP contribution >= 0.6 is 11.8 Å². The van der Waals surface area contributed by atoms with Gasteiger partial charge in [-0.1, -0.05) is 17.8 Å². The van der Waals surface area contributed by atoms with Gasteiger partial charge in [0.2, 0.25) is 0 Å². The number of thioether (sulfide) groups is 1. The van der Waals surface area contributed by atoms with Crippen LogP contribution in [0.1, 0.15) is 12.5 Å². The molecule has 0 bridgehead atoms. The molecule has 39 heavy (non-hydrogen) atoms. The molecule has 1 N–H and O–H groups in total. The molecule has 13 heteroatoms. The van der Waals surface area contributed by atoms with Gasteiger partial charge in [-0.05, 0) is 30.7 Å². The highest BCUT2D eigenvalue weighted by Crippen LogP contribution is 2.44. The van der Waals surface area contributed by atoms with Gasteiger partial charge >= 0.3 is 0 Å². The van der Waals surface area contributed by atoms with Crippen molar-refractivity contribution in [1.29, 1.82) is 0 Å². The number of aromatic nitrogens is 1. The van der Waals surface area contributed by atoms with E-state index < -0.39 is 20.8 Å². The lowest BCUT2D eigenvalue weighted by molar-refractivity contribution is 0.146. The highest BCUT2D eigenvalue weighted by atomic mass is 32.2. The van der Waals surface area contributed by atoms with Gasteiger partial charge in [-0.2, -0.15) is 8.42 Å². The summed E-state index contributed by atoms with van der Waals surface area (Å²) in [6.07, 6.45) is 2.14. The largest absolute Gasteiger partial charge is 0.491 e. The molecule has 10 nitrogen and oxygen atoms in total. The fourth-order valence-corrected chi connectivity index (χ4v) is 8.61. The molecule has 1 aromatic carbocycles. The predicted octanol–water partition coefficient (Wildman–Crippen LogP) is 2.24. The Morgan fingerprint density at radius 2 is 2.05 bits per heavy atom. The highest BCUT2D eigenvalue weighted by molar-refractivity contribution is 8.15. The number of anilines is 2. The molecule has 3 aliphatic heterocycles. The Bertz CT molecular complexity index is 1350. The van der Waals surface area contributed by atoms with Crippen LogP contribution in [0, 0.1) is 0 Å². The first kappa shape index (κ1) is 28.3. The van der Waals surface area contributed by atoms with Crippen molar-refractivity contribution in [3.63, 3.8) is 0 Å². The zero-order valence-electron chi connectivity index (χ0n) is 22.5. The topological polar surface area (TPSA) is 113 Å². The maximum absolute atomic E-state index is 13.5. The molecule has 2 aromatic rings. The second-order valence-electron chi connectivity index (χ2n) is 10.2. The van der Waals surface area contributed by atoms with E-state index >= 15 is 0 Å². The van der Waals surface area contributed by atoms with Gasteiger partial charge in [0, 0.05) is 74.8 Å². The molecule has 1 saturated heterocycles. The van der Waals surface area contributed by atoms with Crippen molar-refractivity contribution in [2.45, 2.75) is 29.2 Å². The number of pyridine rings is 1. The lowest BCUT2D eigenvalue weighted by Gasteiger charge is -2.33. The highest BCUT2D eigenvalue weighted by Gasteiger charge is 2.40. The van der Waals surface area contributed by atoms with Gasteiger partial charge in [0.05, 0.1) is 40.4 Å². The summed E-state index contributed by atoms with van der Waals surface area (Å²) >= 11 is 1.79. The summed E-state index contributed by atoms with van der Waals surface area (Å²) in [7, 11) is -1.44. The van der Waals surface area contributed by atoms with Crippen molar-refractivity contribution in [1.82, 2.24) is 9.88 Å². The molecular weight excluding hydrogens is 559 g/mol. The molecule has 0 aliphatic carbocycles. The van der Waals surface area contributed by atoms with Crippen LogP contribution in [0.15, 0.2) is 46.5 Å². The summed E-state index contributed by atoms with van der Waals surface area (Å²) in [5.41, 5.74) is 2.24. The number of nitrogens with zero attached hydrogens (tertiary/aromatic N) is 4. The van der Waals surface area contributed by atoms with Gasteiger partial charge < -0.3 is 19.7 Å². The number of sulfonamides is 1. The van der Waals surface area contributed by atoms with E-state index in [-0.39, 0.29) is 15.8 Å². The van der Waals surface area contributed by atoms with Crippen molar-refractivity contribution in [2.75, 3.05) is 74.7 Å². The molecule has 0 amide bonds. The second-order valence-corrected chi connectivity index (χ2v) is 15.4. The third kappa shape index (κ3) is 6.27. The number of fused-ring (bicyclic) bond motifs is 1. The number of nitrogens with one attached hydrogen (secondary N) is 1. The Hall–Kier alpha value is -2.19. The minimum Gasteiger partial charge on any atom is -0.491 e. The van der Waals surface area contributed by atoms with Gasteiger partial charge in [-0.25, -0.2) is 4.98 Å². The smallest absolute Gasteiger partial charge is 0.281 e. The summed E-state index contributed by atoms with van der Waals surface area (Å²) in [4.78, 5) is 11.4. The van der Waals surface area contributed by atoms with E-state index in [2.05, 4.69) is 22.1 Å². The summed E-state index contributed by atoms with van der Waals surface area (Å²) in [6.45, 7) is 6.35. The first-order valence-corrected chi connectivity index (χ1v) is 16.7. The average molecular weight is 594 g/mol. The van der Waals surface area contributed by atoms with Gasteiger partial charge in [0.15, 0.2) is 5.03 Å². The molecule has 2 unspecified atom stereocenters. The van der Waals surface area contributed by atoms with Gasteiger partial charge in [-0.3, -0.25) is 13.5 Å². The number of ether oxygens (including phenoxy) is 2. The van der Waals surface area contributed by atoms with E-state index in [9.17, 15) is 12.6 Å². The minimum absolute atomic E-state index is 0.0189. The molecule has 5 rings (SSSR count). The van der Waals surface area contributed by atoms with Crippen LogP contribution in [0.5, 0.6) is 5.75 Å². The van der Waals surface area contributed by atoms with E-state index in [1.54, 1.807) is 37.1 Å². The van der Waals surface area contributed by atoms with Crippen LogP contribution in [0.4, 0.5) is 11.4 Å². The summed E-state index contributed by atoms with van der Waals surface area (Å²) in [5, 5.41) is 4.59. The third-order valence-corrected chi connectivity index (χ3v) is 11.5. The number of hydrogen-bond acceptors (Lipinski definition) is 10. The quantitative estimate of drug-likeness (QED) is 0.415. The third-order valence-electron chi connectivity index (χ3n) is 7.12. The normalized spacial score (nSPS) is 23.8. The first-order chi connectivity index (χ1) is 18.7. The molecule has 0 spiro atoms. The molecule has 2 atom stereocenters. The maximum Gasteiger partial charge on any atom is 0.281 e. The molecule has 212 valence electrons. The minimum atomic E-state index is -3.89. The van der Waals surface area contributed by atoms with Crippen LogP contribution in [0.3, 0.4) is 0 Å². The van der Waals surface area contributed by atoms with E-state index in [1.807, 2.05) is 6.07 Å². The Kier molecular flexibility index (Phi) is 8.53. The molecule has 1 fully saturated rings. The number of benzene rings is 1. The Labute approximate surface area is 237 Å². The van der Waals surface area contributed by atoms with Crippen LogP contribution < -0.4 is 14.4 Å². The standard InChI is InChI=1S/C26H35N5O5S3/c1-26(18-31-8-12-38(32)13-9-31)17-28-25(37-26)21-15-19-14-20(36-11-10-35-3)16-22(24(19)29-21)30(2)39(33,34)23-6-4-5-7-27-23/h4-7,14,16,21,29H,8-13,15,17-18H2,1-3H3. The summed E-state index contributed by atoms with van der Waals surface area (Å²) in [5.74, 6) is 2.06. The summed E-state index contributed by atoms with van der Waals surface area (Å²) < 4.78 is 50.9. The molecule has 4 heterocycles. The molecular formula is C26H35N5O5S3. The zero-order chi connectivity index (χ0) is 27.6.